The van der Waals surface area contributed by atoms with Crippen LogP contribution in [0.1, 0.15) is 22.3 Å². The highest BCUT2D eigenvalue weighted by atomic mass is 16.5. The van der Waals surface area contributed by atoms with Crippen molar-refractivity contribution in [1.29, 1.82) is 0 Å². The van der Waals surface area contributed by atoms with Gasteiger partial charge < -0.3 is 9.30 Å². The molecule has 0 fully saturated rings. The quantitative estimate of drug-likeness (QED) is 0.195. The van der Waals surface area contributed by atoms with Gasteiger partial charge in [-0.25, -0.2) is 0 Å². The van der Waals surface area contributed by atoms with Crippen LogP contribution in [0.4, 0.5) is 0 Å². The first-order valence-electron chi connectivity index (χ1n) is 15.8. The van der Waals surface area contributed by atoms with E-state index in [2.05, 4.69) is 174 Å². The highest BCUT2D eigenvalue weighted by molar-refractivity contribution is 6.12. The zero-order valence-corrected chi connectivity index (χ0v) is 25.5. The molecule has 0 saturated heterocycles. The highest BCUT2D eigenvalue weighted by Gasteiger charge is 2.48. The number of benzene rings is 7. The molecule has 0 saturated carbocycles. The van der Waals surface area contributed by atoms with E-state index in [4.69, 9.17) is 4.74 Å². The van der Waals surface area contributed by atoms with Crippen molar-refractivity contribution >= 4 is 21.8 Å². The van der Waals surface area contributed by atoms with Crippen LogP contribution in [0.25, 0.3) is 49.7 Å². The standard InChI is InChI=1S/C44H31NO/c1-46-43-23-13-11-21-39(43)44(32-16-6-3-7-17-32)38-20-10-8-18-34(38)36-28-37-35-19-9-12-22-41(35)45(42(37)29-40(36)44)33-26-24-31(25-27-33)30-14-4-2-5-15-30/h2-29H,1H3. The van der Waals surface area contributed by atoms with Crippen LogP contribution in [-0.2, 0) is 5.41 Å². The molecule has 2 heteroatoms. The molecule has 1 aromatic heterocycles. The summed E-state index contributed by atoms with van der Waals surface area (Å²) in [6.45, 7) is 0. The van der Waals surface area contributed by atoms with Crippen molar-refractivity contribution in [3.63, 3.8) is 0 Å². The van der Waals surface area contributed by atoms with Crippen molar-refractivity contribution < 1.29 is 4.74 Å². The summed E-state index contributed by atoms with van der Waals surface area (Å²) in [7, 11) is 1.78. The number of aromatic nitrogens is 1. The molecular formula is C44H31NO. The third-order valence-corrected chi connectivity index (χ3v) is 9.79. The van der Waals surface area contributed by atoms with Gasteiger partial charge in [0.15, 0.2) is 0 Å². The molecule has 46 heavy (non-hydrogen) atoms. The van der Waals surface area contributed by atoms with E-state index in [-0.39, 0.29) is 0 Å². The van der Waals surface area contributed by atoms with E-state index in [1.54, 1.807) is 7.11 Å². The number of hydrogen-bond donors (Lipinski definition) is 0. The maximum absolute atomic E-state index is 6.11. The van der Waals surface area contributed by atoms with E-state index >= 15 is 0 Å². The Morgan fingerprint density at radius 3 is 1.87 bits per heavy atom. The van der Waals surface area contributed by atoms with Crippen LogP contribution >= 0.6 is 0 Å². The summed E-state index contributed by atoms with van der Waals surface area (Å²) in [6, 6.07) is 61.6. The first kappa shape index (κ1) is 26.5. The number of hydrogen-bond acceptors (Lipinski definition) is 1. The topological polar surface area (TPSA) is 14.2 Å². The van der Waals surface area contributed by atoms with Crippen molar-refractivity contribution in [2.24, 2.45) is 0 Å². The summed E-state index contributed by atoms with van der Waals surface area (Å²) < 4.78 is 8.54. The van der Waals surface area contributed by atoms with E-state index in [1.807, 2.05) is 0 Å². The fourth-order valence-corrected chi connectivity index (χ4v) is 7.85. The van der Waals surface area contributed by atoms with Gasteiger partial charge in [0.05, 0.1) is 23.6 Å². The molecule has 1 aliphatic rings. The van der Waals surface area contributed by atoms with E-state index in [0.29, 0.717) is 0 Å². The zero-order chi connectivity index (χ0) is 30.7. The highest BCUT2D eigenvalue weighted by Crippen LogP contribution is 2.59. The minimum atomic E-state index is -0.563. The largest absolute Gasteiger partial charge is 0.496 e. The van der Waals surface area contributed by atoms with Gasteiger partial charge in [-0.2, -0.15) is 0 Å². The molecule has 1 heterocycles. The zero-order valence-electron chi connectivity index (χ0n) is 25.5. The summed E-state index contributed by atoms with van der Waals surface area (Å²) in [5.74, 6) is 0.881. The molecule has 1 aliphatic carbocycles. The SMILES string of the molecule is COc1ccccc1C1(c2ccccc2)c2ccccc2-c2cc3c4ccccc4n(-c4ccc(-c5ccccc5)cc4)c3cc21. The Kier molecular flexibility index (Phi) is 5.97. The van der Waals surface area contributed by atoms with Crippen molar-refractivity contribution in [1.82, 2.24) is 4.57 Å². The maximum atomic E-state index is 6.11. The summed E-state index contributed by atoms with van der Waals surface area (Å²) in [4.78, 5) is 0. The maximum Gasteiger partial charge on any atom is 0.123 e. The Bertz CT molecular complexity index is 2390. The molecular weight excluding hydrogens is 558 g/mol. The van der Waals surface area contributed by atoms with Crippen LogP contribution in [0, 0.1) is 0 Å². The molecule has 0 spiro atoms. The predicted molar refractivity (Wildman–Crippen MR) is 190 cm³/mol. The smallest absolute Gasteiger partial charge is 0.123 e. The summed E-state index contributed by atoms with van der Waals surface area (Å²) in [5.41, 5.74) is 12.8. The lowest BCUT2D eigenvalue weighted by atomic mass is 9.67. The normalized spacial score (nSPS) is 15.2. The van der Waals surface area contributed by atoms with Gasteiger partial charge in [0, 0.05) is 22.0 Å². The minimum absolute atomic E-state index is 0.563. The Morgan fingerprint density at radius 1 is 0.457 bits per heavy atom. The molecule has 0 radical (unpaired) electrons. The molecule has 0 aliphatic heterocycles. The number of fused-ring (bicyclic) bond motifs is 6. The Morgan fingerprint density at radius 2 is 1.09 bits per heavy atom. The number of nitrogens with zero attached hydrogens (tertiary/aromatic N) is 1. The van der Waals surface area contributed by atoms with Crippen molar-refractivity contribution in [2.75, 3.05) is 7.11 Å². The second-order valence-corrected chi connectivity index (χ2v) is 12.0. The third-order valence-electron chi connectivity index (χ3n) is 9.79. The first-order valence-corrected chi connectivity index (χ1v) is 15.8. The molecule has 218 valence electrons. The van der Waals surface area contributed by atoms with Gasteiger partial charge in [-0.15, -0.1) is 0 Å². The number of ether oxygens (including phenoxy) is 1. The lowest BCUT2D eigenvalue weighted by molar-refractivity contribution is 0.405. The fourth-order valence-electron chi connectivity index (χ4n) is 7.85. The molecule has 1 unspecified atom stereocenters. The molecule has 1 atom stereocenters. The fraction of sp³-hybridized carbons (Fsp3) is 0.0455. The molecule has 8 aromatic rings. The van der Waals surface area contributed by atoms with Crippen LogP contribution in [0.15, 0.2) is 170 Å². The minimum Gasteiger partial charge on any atom is -0.496 e. The van der Waals surface area contributed by atoms with Gasteiger partial charge in [-0.05, 0) is 75.3 Å². The lowest BCUT2D eigenvalue weighted by Gasteiger charge is -2.35. The van der Waals surface area contributed by atoms with Crippen LogP contribution in [0.2, 0.25) is 0 Å². The predicted octanol–water partition coefficient (Wildman–Crippen LogP) is 10.8. The van der Waals surface area contributed by atoms with Crippen molar-refractivity contribution in [3.05, 3.63) is 192 Å². The van der Waals surface area contributed by atoms with Gasteiger partial charge in [0.2, 0.25) is 0 Å². The molecule has 0 bridgehead atoms. The average molecular weight is 590 g/mol. The van der Waals surface area contributed by atoms with Gasteiger partial charge >= 0.3 is 0 Å². The second kappa shape index (κ2) is 10.4. The van der Waals surface area contributed by atoms with Gasteiger partial charge in [-0.3, -0.25) is 0 Å². The van der Waals surface area contributed by atoms with Gasteiger partial charge in [0.1, 0.15) is 5.75 Å². The van der Waals surface area contributed by atoms with E-state index in [1.165, 1.54) is 60.8 Å². The summed E-state index contributed by atoms with van der Waals surface area (Å²) >= 11 is 0. The number of para-hydroxylation sites is 2. The molecule has 0 N–H and O–H groups in total. The van der Waals surface area contributed by atoms with Gasteiger partial charge in [-0.1, -0.05) is 133 Å². The van der Waals surface area contributed by atoms with Gasteiger partial charge in [0.25, 0.3) is 0 Å². The Labute approximate surface area is 268 Å². The van der Waals surface area contributed by atoms with Crippen molar-refractivity contribution in [2.45, 2.75) is 5.41 Å². The average Bonchev–Trinajstić information content (AvgIpc) is 3.61. The van der Waals surface area contributed by atoms with Crippen LogP contribution in [0.5, 0.6) is 5.75 Å². The summed E-state index contributed by atoms with van der Waals surface area (Å²) in [5, 5.41) is 2.50. The van der Waals surface area contributed by atoms with Crippen molar-refractivity contribution in [3.8, 4) is 33.7 Å². The monoisotopic (exact) mass is 589 g/mol. The van der Waals surface area contributed by atoms with E-state index in [0.717, 1.165) is 17.0 Å². The summed E-state index contributed by atoms with van der Waals surface area (Å²) in [6.07, 6.45) is 0. The number of methoxy groups -OCH3 is 1. The van der Waals surface area contributed by atoms with Crippen LogP contribution in [0.3, 0.4) is 0 Å². The molecule has 0 amide bonds. The Balaban J connectivity index is 1.39. The first-order chi connectivity index (χ1) is 22.8. The van der Waals surface area contributed by atoms with Crippen LogP contribution < -0.4 is 4.74 Å². The Hall–Kier alpha value is -5.86. The molecule has 2 nitrogen and oxygen atoms in total. The second-order valence-electron chi connectivity index (χ2n) is 12.0. The third kappa shape index (κ3) is 3.71. The van der Waals surface area contributed by atoms with E-state index in [9.17, 15) is 0 Å². The molecule has 7 aromatic carbocycles. The lowest BCUT2D eigenvalue weighted by Crippen LogP contribution is -2.29. The van der Waals surface area contributed by atoms with Crippen LogP contribution in [-0.4, -0.2) is 11.7 Å². The van der Waals surface area contributed by atoms with E-state index < -0.39 is 5.41 Å². The number of rotatable bonds is 5. The molecule has 9 rings (SSSR count).